The van der Waals surface area contributed by atoms with E-state index in [1.165, 1.54) is 16.9 Å². The number of nitrogens with zero attached hydrogens (tertiary/aromatic N) is 5. The molecule has 0 spiro atoms. The van der Waals surface area contributed by atoms with Crippen LogP contribution in [0.25, 0.3) is 10.6 Å². The standard InChI is InChI=1S/C17H18N6O2S/c1-10-4-6-11(7-5-10)14-19-12(9-26-14)15(24)25-8-13-20-16(18)22-17(21-13)23(2)3/h4-7,9H,8H2,1-3H3,(H2,18,20,21,22). The van der Waals surface area contributed by atoms with Gasteiger partial charge in [0.1, 0.15) is 5.01 Å². The minimum Gasteiger partial charge on any atom is -0.453 e. The van der Waals surface area contributed by atoms with Crippen molar-refractivity contribution in [2.75, 3.05) is 24.7 Å². The van der Waals surface area contributed by atoms with Crippen LogP contribution < -0.4 is 10.6 Å². The fourth-order valence-corrected chi connectivity index (χ4v) is 2.89. The van der Waals surface area contributed by atoms with E-state index >= 15 is 0 Å². The third kappa shape index (κ3) is 4.12. The molecule has 0 atom stereocenters. The van der Waals surface area contributed by atoms with E-state index in [1.54, 1.807) is 24.4 Å². The highest BCUT2D eigenvalue weighted by molar-refractivity contribution is 7.13. The van der Waals surface area contributed by atoms with Crippen LogP contribution in [-0.4, -0.2) is 40.0 Å². The van der Waals surface area contributed by atoms with Gasteiger partial charge in [-0.05, 0) is 6.92 Å². The van der Waals surface area contributed by atoms with E-state index in [-0.39, 0.29) is 24.1 Å². The lowest BCUT2D eigenvalue weighted by molar-refractivity contribution is 0.0456. The summed E-state index contributed by atoms with van der Waals surface area (Å²) in [6.45, 7) is 1.91. The molecular weight excluding hydrogens is 352 g/mol. The van der Waals surface area contributed by atoms with E-state index in [1.807, 2.05) is 31.2 Å². The van der Waals surface area contributed by atoms with Crippen molar-refractivity contribution in [3.63, 3.8) is 0 Å². The van der Waals surface area contributed by atoms with Crippen LogP contribution in [0.15, 0.2) is 29.6 Å². The maximum atomic E-state index is 12.2. The summed E-state index contributed by atoms with van der Waals surface area (Å²) in [5, 5.41) is 2.43. The van der Waals surface area contributed by atoms with E-state index in [4.69, 9.17) is 10.5 Å². The minimum atomic E-state index is -0.537. The first-order chi connectivity index (χ1) is 12.4. The third-order valence-corrected chi connectivity index (χ3v) is 4.32. The highest BCUT2D eigenvalue weighted by Crippen LogP contribution is 2.24. The van der Waals surface area contributed by atoms with Crippen LogP contribution in [0.5, 0.6) is 0 Å². The molecule has 0 radical (unpaired) electrons. The Hall–Kier alpha value is -3.07. The second-order valence-electron chi connectivity index (χ2n) is 5.78. The molecule has 8 nitrogen and oxygen atoms in total. The number of aryl methyl sites for hydroxylation is 1. The Morgan fingerprint density at radius 1 is 1.15 bits per heavy atom. The van der Waals surface area contributed by atoms with Crippen molar-refractivity contribution in [3.05, 3.63) is 46.7 Å². The Bertz CT molecular complexity index is 923. The lowest BCUT2D eigenvalue weighted by atomic mass is 10.2. The first-order valence-corrected chi connectivity index (χ1v) is 8.68. The zero-order valence-electron chi connectivity index (χ0n) is 14.6. The second-order valence-corrected chi connectivity index (χ2v) is 6.64. The Morgan fingerprint density at radius 2 is 1.88 bits per heavy atom. The minimum absolute atomic E-state index is 0.0741. The lowest BCUT2D eigenvalue weighted by Gasteiger charge is -2.11. The molecule has 1 aromatic carbocycles. The molecule has 0 amide bonds. The molecule has 2 aromatic heterocycles. The van der Waals surface area contributed by atoms with Crippen LogP contribution in [0.3, 0.4) is 0 Å². The summed E-state index contributed by atoms with van der Waals surface area (Å²) in [5.41, 5.74) is 8.03. The molecule has 0 aliphatic carbocycles. The van der Waals surface area contributed by atoms with Crippen LogP contribution in [0, 0.1) is 6.92 Å². The molecule has 0 saturated heterocycles. The van der Waals surface area contributed by atoms with Crippen molar-refractivity contribution in [2.24, 2.45) is 0 Å². The highest BCUT2D eigenvalue weighted by Gasteiger charge is 2.15. The molecule has 0 aliphatic heterocycles. The Kier molecular flexibility index (Phi) is 5.08. The number of anilines is 2. The number of ether oxygens (including phenoxy) is 1. The number of carbonyl (C=O) groups excluding carboxylic acids is 1. The number of carbonyl (C=O) groups is 1. The normalized spacial score (nSPS) is 10.6. The van der Waals surface area contributed by atoms with Gasteiger partial charge in [0, 0.05) is 25.0 Å². The zero-order valence-corrected chi connectivity index (χ0v) is 15.4. The number of rotatable bonds is 5. The van der Waals surface area contributed by atoms with E-state index < -0.39 is 5.97 Å². The molecule has 9 heteroatoms. The van der Waals surface area contributed by atoms with Crippen LogP contribution in [0.4, 0.5) is 11.9 Å². The Balaban J connectivity index is 1.68. The van der Waals surface area contributed by atoms with Crippen molar-refractivity contribution in [1.29, 1.82) is 0 Å². The maximum Gasteiger partial charge on any atom is 0.358 e. The molecule has 0 bridgehead atoms. The molecule has 0 saturated carbocycles. The van der Waals surface area contributed by atoms with Crippen molar-refractivity contribution in [1.82, 2.24) is 19.9 Å². The molecule has 3 rings (SSSR count). The molecule has 0 aliphatic rings. The Labute approximate surface area is 154 Å². The van der Waals surface area contributed by atoms with Gasteiger partial charge in [-0.2, -0.15) is 15.0 Å². The van der Waals surface area contributed by atoms with Gasteiger partial charge in [-0.3, -0.25) is 0 Å². The van der Waals surface area contributed by atoms with Gasteiger partial charge in [0.15, 0.2) is 18.1 Å². The van der Waals surface area contributed by atoms with Gasteiger partial charge in [-0.25, -0.2) is 9.78 Å². The largest absolute Gasteiger partial charge is 0.453 e. The van der Waals surface area contributed by atoms with Crippen LogP contribution in [-0.2, 0) is 11.3 Å². The average Bonchev–Trinajstić information content (AvgIpc) is 3.10. The highest BCUT2D eigenvalue weighted by atomic mass is 32.1. The van der Waals surface area contributed by atoms with E-state index in [0.717, 1.165) is 10.6 Å². The van der Waals surface area contributed by atoms with Gasteiger partial charge in [0.25, 0.3) is 0 Å². The summed E-state index contributed by atoms with van der Waals surface area (Å²) in [6, 6.07) is 7.95. The van der Waals surface area contributed by atoms with E-state index in [9.17, 15) is 4.79 Å². The van der Waals surface area contributed by atoms with Crippen molar-refractivity contribution in [2.45, 2.75) is 13.5 Å². The molecule has 2 N–H and O–H groups in total. The molecular formula is C17H18N6O2S. The molecule has 134 valence electrons. The predicted octanol–water partition coefficient (Wildman–Crippen LogP) is 2.31. The number of nitrogen functional groups attached to an aromatic ring is 1. The smallest absolute Gasteiger partial charge is 0.358 e. The summed E-state index contributed by atoms with van der Waals surface area (Å²) >= 11 is 1.39. The number of hydrogen-bond acceptors (Lipinski definition) is 9. The quantitative estimate of drug-likeness (QED) is 0.682. The lowest BCUT2D eigenvalue weighted by Crippen LogP contribution is -2.17. The average molecular weight is 370 g/mol. The van der Waals surface area contributed by atoms with Gasteiger partial charge >= 0.3 is 5.97 Å². The maximum absolute atomic E-state index is 12.2. The molecule has 0 unspecified atom stereocenters. The number of hydrogen-bond donors (Lipinski definition) is 1. The summed E-state index contributed by atoms with van der Waals surface area (Å²) < 4.78 is 5.25. The summed E-state index contributed by atoms with van der Waals surface area (Å²) in [7, 11) is 3.57. The van der Waals surface area contributed by atoms with Crippen molar-refractivity contribution >= 4 is 29.2 Å². The van der Waals surface area contributed by atoms with Crippen LogP contribution >= 0.6 is 11.3 Å². The van der Waals surface area contributed by atoms with E-state index in [2.05, 4.69) is 19.9 Å². The van der Waals surface area contributed by atoms with Crippen LogP contribution in [0.1, 0.15) is 21.9 Å². The molecule has 3 aromatic rings. The monoisotopic (exact) mass is 370 g/mol. The zero-order chi connectivity index (χ0) is 18.7. The van der Waals surface area contributed by atoms with Gasteiger partial charge in [-0.15, -0.1) is 11.3 Å². The SMILES string of the molecule is Cc1ccc(-c2nc(C(=O)OCc3nc(N)nc(N(C)C)n3)cs2)cc1. The number of nitrogens with two attached hydrogens (primary N) is 1. The third-order valence-electron chi connectivity index (χ3n) is 3.43. The summed E-state index contributed by atoms with van der Waals surface area (Å²) in [6.07, 6.45) is 0. The van der Waals surface area contributed by atoms with Crippen molar-refractivity contribution in [3.8, 4) is 10.6 Å². The van der Waals surface area contributed by atoms with E-state index in [0.29, 0.717) is 5.95 Å². The summed E-state index contributed by atoms with van der Waals surface area (Å²) in [4.78, 5) is 30.4. The molecule has 2 heterocycles. The first kappa shape index (κ1) is 17.7. The Morgan fingerprint density at radius 3 is 2.58 bits per heavy atom. The van der Waals surface area contributed by atoms with Crippen LogP contribution in [0.2, 0.25) is 0 Å². The summed E-state index contributed by atoms with van der Waals surface area (Å²) in [5.74, 6) is 0.220. The number of benzene rings is 1. The van der Waals surface area contributed by atoms with Gasteiger partial charge in [0.2, 0.25) is 11.9 Å². The number of aromatic nitrogens is 4. The fourth-order valence-electron chi connectivity index (χ4n) is 2.09. The number of thiazole rings is 1. The predicted molar refractivity (Wildman–Crippen MR) is 100.0 cm³/mol. The van der Waals surface area contributed by atoms with Gasteiger partial charge in [-0.1, -0.05) is 29.8 Å². The fraction of sp³-hybridized carbons (Fsp3) is 0.235. The van der Waals surface area contributed by atoms with Gasteiger partial charge in [0.05, 0.1) is 0 Å². The molecule has 0 fully saturated rings. The first-order valence-electron chi connectivity index (χ1n) is 7.80. The topological polar surface area (TPSA) is 107 Å². The van der Waals surface area contributed by atoms with Gasteiger partial charge < -0.3 is 15.4 Å². The molecule has 26 heavy (non-hydrogen) atoms. The number of esters is 1. The van der Waals surface area contributed by atoms with Crippen molar-refractivity contribution < 1.29 is 9.53 Å². The second kappa shape index (κ2) is 7.44.